The van der Waals surface area contributed by atoms with Crippen LogP contribution in [0.5, 0.6) is 0 Å². The van der Waals surface area contributed by atoms with Gasteiger partial charge in [0.2, 0.25) is 0 Å². The Labute approximate surface area is 310 Å². The molecule has 0 saturated heterocycles. The fraction of sp³-hybridized carbons (Fsp3) is 0. The van der Waals surface area contributed by atoms with Crippen LogP contribution in [-0.2, 0) is 0 Å². The molecule has 10 rings (SSSR count). The molecule has 4 heteroatoms. The van der Waals surface area contributed by atoms with Gasteiger partial charge < -0.3 is 9.80 Å². The zero-order valence-electron chi connectivity index (χ0n) is 28.2. The van der Waals surface area contributed by atoms with Crippen molar-refractivity contribution in [3.05, 3.63) is 194 Å². The number of anilines is 6. The predicted octanol–water partition coefficient (Wildman–Crippen LogP) is 15.0. The van der Waals surface area contributed by atoms with Gasteiger partial charge in [0, 0.05) is 58.4 Å². The van der Waals surface area contributed by atoms with Gasteiger partial charge in [-0.25, -0.2) is 0 Å². The van der Waals surface area contributed by atoms with Crippen LogP contribution in [-0.4, -0.2) is 0 Å². The topological polar surface area (TPSA) is 6.48 Å². The summed E-state index contributed by atoms with van der Waals surface area (Å²) in [6.07, 6.45) is 0. The van der Waals surface area contributed by atoms with Crippen molar-refractivity contribution >= 4 is 97.1 Å². The molecule has 0 atom stereocenters. The zero-order chi connectivity index (χ0) is 34.4. The highest BCUT2D eigenvalue weighted by Gasteiger charge is 2.24. The van der Waals surface area contributed by atoms with Crippen molar-refractivity contribution in [3.8, 4) is 11.1 Å². The number of hydrogen-bond donors (Lipinski definition) is 0. The summed E-state index contributed by atoms with van der Waals surface area (Å²) >= 11 is 3.73. The summed E-state index contributed by atoms with van der Waals surface area (Å²) in [6, 6.07) is 70.2. The lowest BCUT2D eigenvalue weighted by molar-refractivity contribution is 1.28. The second kappa shape index (κ2) is 12.8. The molecular formula is C48H32N2S2. The van der Waals surface area contributed by atoms with Crippen molar-refractivity contribution in [2.75, 3.05) is 9.80 Å². The Morgan fingerprint density at radius 1 is 0.308 bits per heavy atom. The van der Waals surface area contributed by atoms with Gasteiger partial charge in [-0.1, -0.05) is 109 Å². The molecule has 2 heterocycles. The van der Waals surface area contributed by atoms with Crippen LogP contribution in [0.25, 0.3) is 51.5 Å². The molecule has 0 radical (unpaired) electrons. The molecule has 0 aliphatic rings. The number of para-hydroxylation sites is 3. The number of rotatable bonds is 7. The van der Waals surface area contributed by atoms with Crippen molar-refractivity contribution in [3.63, 3.8) is 0 Å². The van der Waals surface area contributed by atoms with E-state index in [4.69, 9.17) is 0 Å². The van der Waals surface area contributed by atoms with Crippen molar-refractivity contribution in [2.45, 2.75) is 0 Å². The molecule has 8 aromatic carbocycles. The first-order valence-electron chi connectivity index (χ1n) is 17.5. The fourth-order valence-electron chi connectivity index (χ4n) is 7.46. The van der Waals surface area contributed by atoms with Crippen molar-refractivity contribution in [1.82, 2.24) is 0 Å². The Hall–Kier alpha value is -6.20. The van der Waals surface area contributed by atoms with Gasteiger partial charge in [-0.05, 0) is 96.1 Å². The minimum Gasteiger partial charge on any atom is -0.310 e. The number of thiophene rings is 2. The average molecular weight is 701 g/mol. The van der Waals surface area contributed by atoms with E-state index in [1.807, 2.05) is 22.7 Å². The minimum atomic E-state index is 1.13. The monoisotopic (exact) mass is 700 g/mol. The molecule has 0 N–H and O–H groups in total. The standard InChI is InChI=1S/C48H32N2S2/c1-5-15-33(16-6-1)34-25-29-45-40(31-34)41-32-38(26-30-46(41)51-45)50(37-21-11-4-12-22-37)43-28-27-42(47-39-23-13-14-24-44(39)52-48(43)47)49(35-17-7-2-8-18-35)36-19-9-3-10-20-36/h1-32H. The molecule has 0 fully saturated rings. The molecule has 0 aliphatic carbocycles. The van der Waals surface area contributed by atoms with Gasteiger partial charge in [-0.15, -0.1) is 22.7 Å². The SMILES string of the molecule is c1ccc(-c2ccc3sc4ccc(N(c5ccccc5)c5ccc(N(c6ccccc6)c6ccccc6)c6c5sc5ccccc56)cc4c3c2)cc1. The highest BCUT2D eigenvalue weighted by molar-refractivity contribution is 7.26. The Kier molecular flexibility index (Phi) is 7.56. The van der Waals surface area contributed by atoms with Gasteiger partial charge in [-0.3, -0.25) is 0 Å². The lowest BCUT2D eigenvalue weighted by Gasteiger charge is -2.29. The smallest absolute Gasteiger partial charge is 0.0641 e. The first kappa shape index (κ1) is 30.6. The molecule has 10 aromatic rings. The number of benzene rings is 8. The maximum Gasteiger partial charge on any atom is 0.0641 e. The van der Waals surface area contributed by atoms with Crippen molar-refractivity contribution < 1.29 is 0 Å². The molecule has 0 saturated carbocycles. The van der Waals surface area contributed by atoms with Gasteiger partial charge in [-0.2, -0.15) is 0 Å². The van der Waals surface area contributed by atoms with Crippen molar-refractivity contribution in [1.29, 1.82) is 0 Å². The second-order valence-corrected chi connectivity index (χ2v) is 15.1. The van der Waals surface area contributed by atoms with Crippen molar-refractivity contribution in [2.24, 2.45) is 0 Å². The largest absolute Gasteiger partial charge is 0.310 e. The predicted molar refractivity (Wildman–Crippen MR) is 227 cm³/mol. The van der Waals surface area contributed by atoms with E-state index in [1.54, 1.807) is 0 Å². The number of hydrogen-bond acceptors (Lipinski definition) is 4. The first-order chi connectivity index (χ1) is 25.8. The minimum absolute atomic E-state index is 1.13. The van der Waals surface area contributed by atoms with Crippen LogP contribution >= 0.6 is 22.7 Å². The first-order valence-corrected chi connectivity index (χ1v) is 19.1. The van der Waals surface area contributed by atoms with E-state index in [2.05, 4.69) is 204 Å². The molecule has 246 valence electrons. The summed E-state index contributed by atoms with van der Waals surface area (Å²) < 4.78 is 5.12. The van der Waals surface area contributed by atoms with Crippen LogP contribution in [0.15, 0.2) is 194 Å². The average Bonchev–Trinajstić information content (AvgIpc) is 3.79. The molecule has 0 aliphatic heterocycles. The van der Waals surface area contributed by atoms with Gasteiger partial charge in [0.15, 0.2) is 0 Å². The normalized spacial score (nSPS) is 11.5. The van der Waals surface area contributed by atoms with Crippen LogP contribution in [0.1, 0.15) is 0 Å². The Balaban J connectivity index is 1.22. The van der Waals surface area contributed by atoms with Crippen LogP contribution in [0.2, 0.25) is 0 Å². The highest BCUT2D eigenvalue weighted by Crippen LogP contribution is 2.51. The van der Waals surface area contributed by atoms with Crippen LogP contribution in [0.4, 0.5) is 34.1 Å². The fourth-order valence-corrected chi connectivity index (χ4v) is 9.75. The maximum atomic E-state index is 2.45. The summed E-state index contributed by atoms with van der Waals surface area (Å²) in [5.74, 6) is 0. The third-order valence-electron chi connectivity index (χ3n) is 9.83. The molecule has 0 unspecified atom stereocenters. The quantitative estimate of drug-likeness (QED) is 0.163. The summed E-state index contributed by atoms with van der Waals surface area (Å²) in [5.41, 5.74) is 9.31. The Bertz CT molecular complexity index is 2800. The van der Waals surface area contributed by atoms with E-state index < -0.39 is 0 Å². The number of fused-ring (bicyclic) bond motifs is 6. The Morgan fingerprint density at radius 2 is 0.808 bits per heavy atom. The van der Waals surface area contributed by atoms with Gasteiger partial charge in [0.1, 0.15) is 0 Å². The van der Waals surface area contributed by atoms with E-state index in [-0.39, 0.29) is 0 Å². The lowest BCUT2D eigenvalue weighted by atomic mass is 10.0. The van der Waals surface area contributed by atoms with E-state index >= 15 is 0 Å². The summed E-state index contributed by atoms with van der Waals surface area (Å²) in [7, 11) is 0. The third kappa shape index (κ3) is 5.24. The third-order valence-corrected chi connectivity index (χ3v) is 12.2. The van der Waals surface area contributed by atoms with E-state index in [0.717, 1.165) is 34.1 Å². The van der Waals surface area contributed by atoms with Gasteiger partial charge in [0.25, 0.3) is 0 Å². The van der Waals surface area contributed by atoms with Crippen LogP contribution < -0.4 is 9.80 Å². The summed E-state index contributed by atoms with van der Waals surface area (Å²) in [4.78, 5) is 4.84. The Morgan fingerprint density at radius 3 is 1.46 bits per heavy atom. The molecule has 52 heavy (non-hydrogen) atoms. The summed E-state index contributed by atoms with van der Waals surface area (Å²) in [5, 5.41) is 5.08. The second-order valence-electron chi connectivity index (χ2n) is 12.9. The zero-order valence-corrected chi connectivity index (χ0v) is 29.8. The number of nitrogens with zero attached hydrogens (tertiary/aromatic N) is 2. The molecular weight excluding hydrogens is 669 g/mol. The molecule has 2 nitrogen and oxygen atoms in total. The molecule has 0 bridgehead atoms. The van der Waals surface area contributed by atoms with Gasteiger partial charge >= 0.3 is 0 Å². The molecule has 0 spiro atoms. The molecule has 2 aromatic heterocycles. The van der Waals surface area contributed by atoms with E-state index in [0.29, 0.717) is 0 Å². The van der Waals surface area contributed by atoms with Gasteiger partial charge in [0.05, 0.1) is 16.1 Å². The van der Waals surface area contributed by atoms with E-state index in [9.17, 15) is 0 Å². The van der Waals surface area contributed by atoms with Crippen LogP contribution in [0.3, 0.4) is 0 Å². The maximum absolute atomic E-state index is 2.45. The molecule has 0 amide bonds. The lowest BCUT2D eigenvalue weighted by Crippen LogP contribution is -2.12. The summed E-state index contributed by atoms with van der Waals surface area (Å²) in [6.45, 7) is 0. The highest BCUT2D eigenvalue weighted by atomic mass is 32.1. The van der Waals surface area contributed by atoms with E-state index in [1.165, 1.54) is 51.5 Å². The van der Waals surface area contributed by atoms with Crippen LogP contribution in [0, 0.1) is 0 Å².